The van der Waals surface area contributed by atoms with E-state index in [0.717, 1.165) is 30.4 Å². The number of ether oxygens (including phenoxy) is 1. The Kier molecular flexibility index (Phi) is 9.72. The molecule has 0 bridgehead atoms. The summed E-state index contributed by atoms with van der Waals surface area (Å²) in [5.41, 5.74) is 2.43. The molecule has 0 aliphatic carbocycles. The number of carbonyl (C=O) groups excluding carboxylic acids is 2. The molecule has 2 aromatic carbocycles. The van der Waals surface area contributed by atoms with E-state index in [-0.39, 0.29) is 31.5 Å². The molecule has 0 atom stereocenters. The van der Waals surface area contributed by atoms with Crippen LogP contribution in [0.5, 0.6) is 5.75 Å². The highest BCUT2D eigenvalue weighted by molar-refractivity contribution is 5.96. The van der Waals surface area contributed by atoms with Crippen LogP contribution < -0.4 is 10.1 Å². The summed E-state index contributed by atoms with van der Waals surface area (Å²) in [4.78, 5) is 29.7. The SMILES string of the molecule is CCN(CCO)C(=O)c1cccc2c1CN(Cc1ccccc1)CC(=O)NCCCCCO2. The van der Waals surface area contributed by atoms with Gasteiger partial charge >= 0.3 is 0 Å². The maximum Gasteiger partial charge on any atom is 0.254 e. The molecule has 0 aromatic heterocycles. The molecule has 1 aliphatic heterocycles. The van der Waals surface area contributed by atoms with Crippen LogP contribution in [0.4, 0.5) is 0 Å². The minimum absolute atomic E-state index is 0.0214. The van der Waals surface area contributed by atoms with Crippen molar-refractivity contribution in [3.63, 3.8) is 0 Å². The van der Waals surface area contributed by atoms with Crippen molar-refractivity contribution in [2.24, 2.45) is 0 Å². The van der Waals surface area contributed by atoms with Crippen LogP contribution in [-0.2, 0) is 17.9 Å². The highest BCUT2D eigenvalue weighted by Crippen LogP contribution is 2.27. The Morgan fingerprint density at radius 2 is 1.91 bits per heavy atom. The van der Waals surface area contributed by atoms with Crippen molar-refractivity contribution in [2.45, 2.75) is 39.3 Å². The molecule has 0 radical (unpaired) electrons. The fraction of sp³-hybridized carbons (Fsp3) is 0.462. The first kappa shape index (κ1) is 24.7. The number of amides is 2. The number of nitrogens with one attached hydrogen (secondary N) is 1. The van der Waals surface area contributed by atoms with Gasteiger partial charge in [-0.25, -0.2) is 0 Å². The first-order valence-corrected chi connectivity index (χ1v) is 11.8. The summed E-state index contributed by atoms with van der Waals surface area (Å²) in [6.07, 6.45) is 2.75. The number of nitrogens with zero attached hydrogens (tertiary/aromatic N) is 2. The fourth-order valence-corrected chi connectivity index (χ4v) is 4.06. The molecule has 2 N–H and O–H groups in total. The predicted molar refractivity (Wildman–Crippen MR) is 128 cm³/mol. The Morgan fingerprint density at radius 1 is 1.09 bits per heavy atom. The van der Waals surface area contributed by atoms with Gasteiger partial charge in [-0.3, -0.25) is 14.5 Å². The molecule has 33 heavy (non-hydrogen) atoms. The van der Waals surface area contributed by atoms with Crippen molar-refractivity contribution in [1.29, 1.82) is 0 Å². The summed E-state index contributed by atoms with van der Waals surface area (Å²) in [5, 5.41) is 12.4. The van der Waals surface area contributed by atoms with Crippen LogP contribution in [-0.4, -0.2) is 66.1 Å². The minimum Gasteiger partial charge on any atom is -0.493 e. The summed E-state index contributed by atoms with van der Waals surface area (Å²) in [5.74, 6) is 0.519. The van der Waals surface area contributed by atoms with Crippen molar-refractivity contribution in [3.8, 4) is 5.75 Å². The molecule has 0 spiro atoms. The van der Waals surface area contributed by atoms with Crippen molar-refractivity contribution in [3.05, 3.63) is 65.2 Å². The lowest BCUT2D eigenvalue weighted by Crippen LogP contribution is -2.38. The van der Waals surface area contributed by atoms with E-state index in [1.165, 1.54) is 0 Å². The van der Waals surface area contributed by atoms with Gasteiger partial charge in [-0.15, -0.1) is 0 Å². The molecular weight excluding hydrogens is 418 g/mol. The van der Waals surface area contributed by atoms with Crippen LogP contribution in [0.1, 0.15) is 47.7 Å². The number of benzene rings is 2. The molecule has 7 heteroatoms. The molecule has 2 aromatic rings. The normalized spacial score (nSPS) is 15.8. The zero-order valence-electron chi connectivity index (χ0n) is 19.5. The van der Waals surface area contributed by atoms with Gasteiger partial charge in [0.15, 0.2) is 0 Å². The van der Waals surface area contributed by atoms with E-state index >= 15 is 0 Å². The third-order valence-corrected chi connectivity index (χ3v) is 5.80. The van der Waals surface area contributed by atoms with Crippen LogP contribution >= 0.6 is 0 Å². The highest BCUT2D eigenvalue weighted by atomic mass is 16.5. The molecular formula is C26H35N3O4. The molecule has 178 valence electrons. The fourth-order valence-electron chi connectivity index (χ4n) is 4.06. The number of fused-ring (bicyclic) bond motifs is 1. The summed E-state index contributed by atoms with van der Waals surface area (Å²) < 4.78 is 6.14. The van der Waals surface area contributed by atoms with Crippen LogP contribution in [0.25, 0.3) is 0 Å². The molecule has 0 saturated carbocycles. The van der Waals surface area contributed by atoms with E-state index in [9.17, 15) is 14.7 Å². The van der Waals surface area contributed by atoms with Crippen molar-refractivity contribution in [1.82, 2.24) is 15.1 Å². The molecule has 2 amide bonds. The summed E-state index contributed by atoms with van der Waals surface area (Å²) in [6.45, 7) is 4.99. The zero-order valence-corrected chi connectivity index (χ0v) is 19.5. The number of aliphatic hydroxyl groups excluding tert-OH is 1. The Hall–Kier alpha value is -2.90. The predicted octanol–water partition coefficient (Wildman–Crippen LogP) is 2.82. The lowest BCUT2D eigenvalue weighted by atomic mass is 10.0. The van der Waals surface area contributed by atoms with Gasteiger partial charge in [0.25, 0.3) is 5.91 Å². The van der Waals surface area contributed by atoms with E-state index in [4.69, 9.17) is 4.74 Å². The molecule has 1 heterocycles. The molecule has 3 rings (SSSR count). The third-order valence-electron chi connectivity index (χ3n) is 5.80. The average Bonchev–Trinajstić information content (AvgIpc) is 2.83. The Balaban J connectivity index is 1.98. The van der Waals surface area contributed by atoms with E-state index in [1.54, 1.807) is 4.90 Å². The standard InChI is InChI=1S/C26H35N3O4/c1-2-29(15-16-30)26(32)22-12-9-13-24-23(22)19-28(18-21-10-5-3-6-11-21)20-25(31)27-14-7-4-8-17-33-24/h3,5-6,9-13,30H,2,4,7-8,14-20H2,1H3,(H,27,31). The lowest BCUT2D eigenvalue weighted by molar-refractivity contribution is -0.122. The maximum absolute atomic E-state index is 13.4. The summed E-state index contributed by atoms with van der Waals surface area (Å²) in [7, 11) is 0. The van der Waals surface area contributed by atoms with Gasteiger partial charge < -0.3 is 20.1 Å². The molecule has 0 saturated heterocycles. The monoisotopic (exact) mass is 453 g/mol. The number of aliphatic hydroxyl groups is 1. The van der Waals surface area contributed by atoms with Crippen molar-refractivity contribution >= 4 is 11.8 Å². The molecule has 7 nitrogen and oxygen atoms in total. The zero-order chi connectivity index (χ0) is 23.5. The second-order valence-corrected chi connectivity index (χ2v) is 8.28. The van der Waals surface area contributed by atoms with Gasteiger partial charge in [0, 0.05) is 43.9 Å². The van der Waals surface area contributed by atoms with Gasteiger partial charge in [0.2, 0.25) is 5.91 Å². The Morgan fingerprint density at radius 3 is 2.67 bits per heavy atom. The molecule has 0 fully saturated rings. The highest BCUT2D eigenvalue weighted by Gasteiger charge is 2.23. The molecule has 0 unspecified atom stereocenters. The second kappa shape index (κ2) is 13.0. The Bertz CT molecular complexity index is 904. The Labute approximate surface area is 196 Å². The van der Waals surface area contributed by atoms with Crippen LogP contribution in [0.3, 0.4) is 0 Å². The third kappa shape index (κ3) is 7.30. The van der Waals surface area contributed by atoms with Gasteiger partial charge in [-0.05, 0) is 43.9 Å². The van der Waals surface area contributed by atoms with Crippen LogP contribution in [0, 0.1) is 0 Å². The largest absolute Gasteiger partial charge is 0.493 e. The van der Waals surface area contributed by atoms with Gasteiger partial charge in [-0.1, -0.05) is 36.4 Å². The summed E-state index contributed by atoms with van der Waals surface area (Å²) >= 11 is 0. The van der Waals surface area contributed by atoms with E-state index in [0.29, 0.717) is 44.1 Å². The van der Waals surface area contributed by atoms with Crippen molar-refractivity contribution in [2.75, 3.05) is 39.4 Å². The van der Waals surface area contributed by atoms with Crippen molar-refractivity contribution < 1.29 is 19.4 Å². The number of hydrogen-bond acceptors (Lipinski definition) is 5. The van der Waals surface area contributed by atoms with Gasteiger partial charge in [-0.2, -0.15) is 0 Å². The average molecular weight is 454 g/mol. The number of hydrogen-bond donors (Lipinski definition) is 2. The molecule has 1 aliphatic rings. The van der Waals surface area contributed by atoms with E-state index < -0.39 is 0 Å². The smallest absolute Gasteiger partial charge is 0.254 e. The lowest BCUT2D eigenvalue weighted by Gasteiger charge is -2.26. The second-order valence-electron chi connectivity index (χ2n) is 8.28. The van der Waals surface area contributed by atoms with Gasteiger partial charge in [0.1, 0.15) is 5.75 Å². The number of rotatable bonds is 6. The first-order valence-electron chi connectivity index (χ1n) is 11.8. The summed E-state index contributed by atoms with van der Waals surface area (Å²) in [6, 6.07) is 15.5. The maximum atomic E-state index is 13.4. The minimum atomic E-state index is -0.138. The number of carbonyl (C=O) groups is 2. The van der Waals surface area contributed by atoms with Crippen LogP contribution in [0.15, 0.2) is 48.5 Å². The topological polar surface area (TPSA) is 82.1 Å². The van der Waals surface area contributed by atoms with Gasteiger partial charge in [0.05, 0.1) is 19.8 Å². The quantitative estimate of drug-likeness (QED) is 0.703. The number of likely N-dealkylation sites (N-methyl/N-ethyl adjacent to an activating group) is 1. The first-order chi connectivity index (χ1) is 16.1. The van der Waals surface area contributed by atoms with Crippen LogP contribution in [0.2, 0.25) is 0 Å². The van der Waals surface area contributed by atoms with E-state index in [2.05, 4.69) is 5.32 Å². The van der Waals surface area contributed by atoms with E-state index in [1.807, 2.05) is 60.4 Å².